The Morgan fingerprint density at radius 1 is 1.19 bits per heavy atom. The predicted octanol–water partition coefficient (Wildman–Crippen LogP) is 2.47. The number of carbonyl (C=O) groups is 1. The van der Waals surface area contributed by atoms with Crippen LogP contribution in [0.2, 0.25) is 0 Å². The number of rotatable bonds is 6. The van der Waals surface area contributed by atoms with Crippen LogP contribution in [-0.2, 0) is 0 Å². The SMILES string of the molecule is NC(=O)c1ncc(N[C@@H]2CCCC[C@@H]2N)cc1Nc1cc(C2CC2)no1. The Morgan fingerprint density at radius 2 is 2.00 bits per heavy atom. The first-order chi connectivity index (χ1) is 12.6. The summed E-state index contributed by atoms with van der Waals surface area (Å²) in [5, 5.41) is 10.6. The van der Waals surface area contributed by atoms with E-state index in [1.807, 2.05) is 12.1 Å². The summed E-state index contributed by atoms with van der Waals surface area (Å²) >= 11 is 0. The summed E-state index contributed by atoms with van der Waals surface area (Å²) in [5.41, 5.74) is 14.0. The van der Waals surface area contributed by atoms with Gasteiger partial charge < -0.3 is 26.6 Å². The summed E-state index contributed by atoms with van der Waals surface area (Å²) in [6.07, 6.45) is 8.25. The highest BCUT2D eigenvalue weighted by atomic mass is 16.5. The average molecular weight is 356 g/mol. The number of pyridine rings is 1. The zero-order valence-electron chi connectivity index (χ0n) is 14.6. The molecule has 2 heterocycles. The molecule has 1 amide bonds. The molecule has 6 N–H and O–H groups in total. The van der Waals surface area contributed by atoms with Crippen LogP contribution in [0.15, 0.2) is 22.9 Å². The van der Waals surface area contributed by atoms with Gasteiger partial charge in [0.05, 0.1) is 23.3 Å². The van der Waals surface area contributed by atoms with Crippen molar-refractivity contribution < 1.29 is 9.32 Å². The highest BCUT2D eigenvalue weighted by Gasteiger charge is 2.27. The van der Waals surface area contributed by atoms with Gasteiger partial charge in [-0.15, -0.1) is 0 Å². The molecular formula is C18H24N6O2. The first kappa shape index (κ1) is 16.8. The van der Waals surface area contributed by atoms with Crippen LogP contribution < -0.4 is 22.1 Å². The fourth-order valence-corrected chi connectivity index (χ4v) is 3.44. The molecule has 26 heavy (non-hydrogen) atoms. The van der Waals surface area contributed by atoms with Crippen molar-refractivity contribution in [3.05, 3.63) is 29.7 Å². The Hall–Kier alpha value is -2.61. The Morgan fingerprint density at radius 3 is 2.73 bits per heavy atom. The summed E-state index contributed by atoms with van der Waals surface area (Å²) in [6, 6.07) is 3.99. The topological polar surface area (TPSA) is 132 Å². The normalized spacial score (nSPS) is 22.8. The van der Waals surface area contributed by atoms with Crippen LogP contribution in [0.5, 0.6) is 0 Å². The van der Waals surface area contributed by atoms with Crippen LogP contribution in [0.3, 0.4) is 0 Å². The van der Waals surface area contributed by atoms with Gasteiger partial charge in [-0.1, -0.05) is 18.0 Å². The van der Waals surface area contributed by atoms with E-state index < -0.39 is 5.91 Å². The lowest BCUT2D eigenvalue weighted by atomic mass is 9.91. The lowest BCUT2D eigenvalue weighted by Crippen LogP contribution is -2.42. The molecule has 0 saturated heterocycles. The highest BCUT2D eigenvalue weighted by Crippen LogP contribution is 2.40. The molecule has 8 heteroatoms. The summed E-state index contributed by atoms with van der Waals surface area (Å²) < 4.78 is 5.33. The van der Waals surface area contributed by atoms with Crippen molar-refractivity contribution in [2.75, 3.05) is 10.6 Å². The number of nitrogens with one attached hydrogen (secondary N) is 2. The second-order valence-electron chi connectivity index (χ2n) is 7.20. The Kier molecular flexibility index (Phi) is 4.50. The van der Waals surface area contributed by atoms with Crippen LogP contribution >= 0.6 is 0 Å². The van der Waals surface area contributed by atoms with Crippen molar-refractivity contribution in [3.8, 4) is 0 Å². The lowest BCUT2D eigenvalue weighted by molar-refractivity contribution is 0.0996. The molecule has 4 rings (SSSR count). The predicted molar refractivity (Wildman–Crippen MR) is 98.4 cm³/mol. The van der Waals surface area contributed by atoms with Crippen LogP contribution in [0, 0.1) is 0 Å². The van der Waals surface area contributed by atoms with Crippen molar-refractivity contribution >= 4 is 23.2 Å². The smallest absolute Gasteiger partial charge is 0.269 e. The molecule has 0 bridgehead atoms. The Labute approximate surface area is 151 Å². The second kappa shape index (κ2) is 6.95. The number of primary amides is 1. The first-order valence-corrected chi connectivity index (χ1v) is 9.16. The maximum Gasteiger partial charge on any atom is 0.269 e. The summed E-state index contributed by atoms with van der Waals surface area (Å²) in [6.45, 7) is 0. The third-order valence-corrected chi connectivity index (χ3v) is 5.07. The zero-order valence-corrected chi connectivity index (χ0v) is 14.6. The van der Waals surface area contributed by atoms with Gasteiger partial charge >= 0.3 is 0 Å². The molecule has 2 fully saturated rings. The van der Waals surface area contributed by atoms with E-state index in [2.05, 4.69) is 20.8 Å². The highest BCUT2D eigenvalue weighted by molar-refractivity contribution is 5.97. The lowest BCUT2D eigenvalue weighted by Gasteiger charge is -2.30. The molecule has 0 spiro atoms. The van der Waals surface area contributed by atoms with Gasteiger partial charge in [0.1, 0.15) is 0 Å². The standard InChI is InChI=1S/C18H24N6O2/c19-12-3-1-2-4-13(12)22-11-7-15(17(18(20)25)21-9-11)23-16-8-14(24-26-16)10-5-6-10/h7-10,12-13,22-23H,1-6,19H2,(H2,20,25)/t12-,13+/m0/s1. The van der Waals surface area contributed by atoms with Gasteiger partial charge in [-0.25, -0.2) is 4.98 Å². The van der Waals surface area contributed by atoms with Gasteiger partial charge in [0, 0.05) is 24.1 Å². The van der Waals surface area contributed by atoms with Crippen LogP contribution in [0.4, 0.5) is 17.3 Å². The van der Waals surface area contributed by atoms with E-state index in [-0.39, 0.29) is 17.8 Å². The largest absolute Gasteiger partial charge is 0.379 e. The number of hydrogen-bond donors (Lipinski definition) is 4. The summed E-state index contributed by atoms with van der Waals surface area (Å²) in [7, 11) is 0. The van der Waals surface area contributed by atoms with Crippen molar-refractivity contribution in [3.63, 3.8) is 0 Å². The van der Waals surface area contributed by atoms with Gasteiger partial charge in [-0.05, 0) is 31.7 Å². The molecule has 2 atom stereocenters. The number of amides is 1. The summed E-state index contributed by atoms with van der Waals surface area (Å²) in [4.78, 5) is 15.9. The van der Waals surface area contributed by atoms with Crippen molar-refractivity contribution in [2.24, 2.45) is 11.5 Å². The fourth-order valence-electron chi connectivity index (χ4n) is 3.44. The Balaban J connectivity index is 1.55. The molecule has 2 saturated carbocycles. The van der Waals surface area contributed by atoms with E-state index in [0.29, 0.717) is 17.5 Å². The van der Waals surface area contributed by atoms with E-state index in [0.717, 1.165) is 43.5 Å². The molecular weight excluding hydrogens is 332 g/mol. The minimum absolute atomic E-state index is 0.117. The minimum atomic E-state index is -0.602. The molecule has 2 aromatic heterocycles. The molecule has 0 unspecified atom stereocenters. The average Bonchev–Trinajstić information content (AvgIpc) is 3.37. The van der Waals surface area contributed by atoms with Gasteiger partial charge in [-0.2, -0.15) is 0 Å². The van der Waals surface area contributed by atoms with E-state index >= 15 is 0 Å². The maximum atomic E-state index is 11.7. The number of nitrogens with zero attached hydrogens (tertiary/aromatic N) is 2. The minimum Gasteiger partial charge on any atom is -0.379 e. The van der Waals surface area contributed by atoms with Crippen molar-refractivity contribution in [1.82, 2.24) is 10.1 Å². The molecule has 8 nitrogen and oxygen atoms in total. The summed E-state index contributed by atoms with van der Waals surface area (Å²) in [5.74, 6) is 0.363. The molecule has 2 aromatic rings. The van der Waals surface area contributed by atoms with E-state index in [4.69, 9.17) is 16.0 Å². The maximum absolute atomic E-state index is 11.7. The van der Waals surface area contributed by atoms with Crippen LogP contribution in [-0.4, -0.2) is 28.1 Å². The zero-order chi connectivity index (χ0) is 18.1. The van der Waals surface area contributed by atoms with Crippen molar-refractivity contribution in [2.45, 2.75) is 56.5 Å². The van der Waals surface area contributed by atoms with Crippen molar-refractivity contribution in [1.29, 1.82) is 0 Å². The molecule has 138 valence electrons. The molecule has 0 aromatic carbocycles. The Bertz CT molecular complexity index is 801. The van der Waals surface area contributed by atoms with E-state index in [9.17, 15) is 4.79 Å². The third kappa shape index (κ3) is 3.65. The number of anilines is 3. The number of hydrogen-bond acceptors (Lipinski definition) is 7. The number of carbonyl (C=O) groups excluding carboxylic acids is 1. The van der Waals surface area contributed by atoms with E-state index in [1.54, 1.807) is 6.20 Å². The quantitative estimate of drug-likeness (QED) is 0.625. The number of aromatic nitrogens is 2. The second-order valence-corrected chi connectivity index (χ2v) is 7.20. The molecule has 0 aliphatic heterocycles. The van der Waals surface area contributed by atoms with Gasteiger partial charge in [-0.3, -0.25) is 4.79 Å². The van der Waals surface area contributed by atoms with E-state index in [1.165, 1.54) is 6.42 Å². The monoisotopic (exact) mass is 356 g/mol. The molecule has 2 aliphatic carbocycles. The van der Waals surface area contributed by atoms with Gasteiger partial charge in [0.15, 0.2) is 5.69 Å². The number of nitrogens with two attached hydrogens (primary N) is 2. The van der Waals surface area contributed by atoms with Crippen LogP contribution in [0.1, 0.15) is 60.6 Å². The molecule has 0 radical (unpaired) electrons. The van der Waals surface area contributed by atoms with Crippen LogP contribution in [0.25, 0.3) is 0 Å². The first-order valence-electron chi connectivity index (χ1n) is 9.16. The molecule has 2 aliphatic rings. The van der Waals surface area contributed by atoms with Gasteiger partial charge in [0.25, 0.3) is 5.91 Å². The van der Waals surface area contributed by atoms with Gasteiger partial charge in [0.2, 0.25) is 5.88 Å². The third-order valence-electron chi connectivity index (χ3n) is 5.07. The fraction of sp³-hybridized carbons (Fsp3) is 0.500.